The number of carboxylic acid groups (broad SMARTS) is 1. The maximum absolute atomic E-state index is 13.1. The van der Waals surface area contributed by atoms with Crippen molar-refractivity contribution in [3.05, 3.63) is 65.0 Å². The second-order valence-corrected chi connectivity index (χ2v) is 4.08. The molecule has 0 atom stereocenters. The summed E-state index contributed by atoms with van der Waals surface area (Å²) < 4.78 is 38.9. The minimum atomic E-state index is -1.37. The van der Waals surface area contributed by atoms with Crippen LogP contribution >= 0.6 is 0 Å². The molecule has 0 aromatic heterocycles. The minimum absolute atomic E-state index is 0.227. The number of carbonyl (C=O) groups is 2. The number of halogens is 3. The lowest BCUT2D eigenvalue weighted by Crippen LogP contribution is -2.15. The zero-order chi connectivity index (χ0) is 15.6. The maximum atomic E-state index is 13.1. The van der Waals surface area contributed by atoms with Crippen molar-refractivity contribution in [1.82, 2.24) is 0 Å². The number of carboxylic acids is 1. The van der Waals surface area contributed by atoms with Gasteiger partial charge in [0.1, 0.15) is 5.82 Å². The van der Waals surface area contributed by atoms with Crippen LogP contribution in [0.4, 0.5) is 18.9 Å². The van der Waals surface area contributed by atoms with E-state index in [4.69, 9.17) is 5.11 Å². The predicted molar refractivity (Wildman–Crippen MR) is 67.7 cm³/mol. The zero-order valence-corrected chi connectivity index (χ0v) is 10.4. The second kappa shape index (κ2) is 5.66. The van der Waals surface area contributed by atoms with Gasteiger partial charge in [-0.05, 0) is 36.4 Å². The number of benzene rings is 2. The number of rotatable bonds is 3. The van der Waals surface area contributed by atoms with Gasteiger partial charge in [0, 0.05) is 5.56 Å². The molecule has 0 fully saturated rings. The summed E-state index contributed by atoms with van der Waals surface area (Å²) >= 11 is 0. The van der Waals surface area contributed by atoms with Crippen molar-refractivity contribution in [3.63, 3.8) is 0 Å². The van der Waals surface area contributed by atoms with E-state index in [0.717, 1.165) is 30.3 Å². The number of carbonyl (C=O) groups excluding carboxylic acids is 1. The maximum Gasteiger partial charge on any atom is 0.337 e. The van der Waals surface area contributed by atoms with Crippen LogP contribution in [0.2, 0.25) is 0 Å². The van der Waals surface area contributed by atoms with E-state index in [1.807, 2.05) is 0 Å². The zero-order valence-electron chi connectivity index (χ0n) is 10.4. The van der Waals surface area contributed by atoms with Gasteiger partial charge in [-0.2, -0.15) is 0 Å². The molecule has 0 spiro atoms. The summed E-state index contributed by atoms with van der Waals surface area (Å²) in [5.41, 5.74) is -0.834. The Kier molecular flexibility index (Phi) is 3.93. The molecule has 108 valence electrons. The fourth-order valence-electron chi connectivity index (χ4n) is 1.64. The van der Waals surface area contributed by atoms with Crippen LogP contribution in [0.15, 0.2) is 36.4 Å². The van der Waals surface area contributed by atoms with Crippen LogP contribution in [-0.4, -0.2) is 17.0 Å². The first-order chi connectivity index (χ1) is 9.88. The Bertz CT molecular complexity index is 731. The average molecular weight is 295 g/mol. The molecule has 0 saturated carbocycles. The molecule has 1 amide bonds. The summed E-state index contributed by atoms with van der Waals surface area (Å²) in [5.74, 6) is -5.35. The molecule has 0 radical (unpaired) electrons. The Morgan fingerprint density at radius 3 is 2.29 bits per heavy atom. The molecule has 2 N–H and O–H groups in total. The molecule has 2 aromatic carbocycles. The fourth-order valence-corrected chi connectivity index (χ4v) is 1.64. The molecule has 0 aliphatic rings. The van der Waals surface area contributed by atoms with Gasteiger partial charge in [-0.1, -0.05) is 0 Å². The van der Waals surface area contributed by atoms with Crippen molar-refractivity contribution in [2.45, 2.75) is 0 Å². The Balaban J connectivity index is 2.33. The summed E-state index contributed by atoms with van der Waals surface area (Å²) in [6.45, 7) is 0. The normalized spacial score (nSPS) is 10.2. The van der Waals surface area contributed by atoms with Crippen LogP contribution in [0.5, 0.6) is 0 Å². The van der Waals surface area contributed by atoms with Gasteiger partial charge < -0.3 is 10.4 Å². The largest absolute Gasteiger partial charge is 0.478 e. The van der Waals surface area contributed by atoms with Crippen LogP contribution in [0.3, 0.4) is 0 Å². The SMILES string of the molecule is O=C(Nc1cc(F)ccc1C(=O)O)c1ccc(F)c(F)c1. The monoisotopic (exact) mass is 295 g/mol. The van der Waals surface area contributed by atoms with Gasteiger partial charge in [-0.3, -0.25) is 4.79 Å². The highest BCUT2D eigenvalue weighted by Gasteiger charge is 2.15. The highest BCUT2D eigenvalue weighted by molar-refractivity contribution is 6.07. The van der Waals surface area contributed by atoms with E-state index in [0.29, 0.717) is 6.07 Å². The van der Waals surface area contributed by atoms with Gasteiger partial charge in [0.15, 0.2) is 11.6 Å². The molecule has 0 unspecified atom stereocenters. The first kappa shape index (κ1) is 14.6. The first-order valence-electron chi connectivity index (χ1n) is 5.67. The molecule has 0 aliphatic heterocycles. The molecule has 4 nitrogen and oxygen atoms in total. The number of nitrogens with one attached hydrogen (secondary N) is 1. The Hall–Kier alpha value is -2.83. The molecular formula is C14H8F3NO3. The van der Waals surface area contributed by atoms with E-state index < -0.39 is 29.3 Å². The highest BCUT2D eigenvalue weighted by atomic mass is 19.2. The van der Waals surface area contributed by atoms with Gasteiger partial charge in [-0.25, -0.2) is 18.0 Å². The topological polar surface area (TPSA) is 66.4 Å². The molecule has 21 heavy (non-hydrogen) atoms. The molecule has 0 aliphatic carbocycles. The fraction of sp³-hybridized carbons (Fsp3) is 0. The van der Waals surface area contributed by atoms with Crippen molar-refractivity contribution in [2.24, 2.45) is 0 Å². The summed E-state index contributed by atoms with van der Waals surface area (Å²) in [4.78, 5) is 22.8. The van der Waals surface area contributed by atoms with Crippen LogP contribution in [0.1, 0.15) is 20.7 Å². The average Bonchev–Trinajstić information content (AvgIpc) is 2.41. The van der Waals surface area contributed by atoms with Crippen LogP contribution in [0, 0.1) is 17.5 Å². The molecular weight excluding hydrogens is 287 g/mol. The third kappa shape index (κ3) is 3.19. The standard InChI is InChI=1S/C14H8F3NO3/c15-8-2-3-9(14(20)21)12(6-8)18-13(19)7-1-4-10(16)11(17)5-7/h1-6H,(H,18,19)(H,20,21). The third-order valence-electron chi connectivity index (χ3n) is 2.64. The van der Waals surface area contributed by atoms with Crippen molar-refractivity contribution in [1.29, 1.82) is 0 Å². The highest BCUT2D eigenvalue weighted by Crippen LogP contribution is 2.19. The van der Waals surface area contributed by atoms with Crippen molar-refractivity contribution in [3.8, 4) is 0 Å². The number of hydrogen-bond acceptors (Lipinski definition) is 2. The number of anilines is 1. The van der Waals surface area contributed by atoms with Gasteiger partial charge >= 0.3 is 5.97 Å². The summed E-state index contributed by atoms with van der Waals surface area (Å²) in [5, 5.41) is 11.1. The van der Waals surface area contributed by atoms with E-state index in [-0.39, 0.29) is 16.8 Å². The summed E-state index contributed by atoms with van der Waals surface area (Å²) in [6, 6.07) is 5.17. The van der Waals surface area contributed by atoms with E-state index in [9.17, 15) is 22.8 Å². The third-order valence-corrected chi connectivity index (χ3v) is 2.64. The van der Waals surface area contributed by atoms with Gasteiger partial charge in [0.05, 0.1) is 11.3 Å². The van der Waals surface area contributed by atoms with Crippen LogP contribution in [0.25, 0.3) is 0 Å². The lowest BCUT2D eigenvalue weighted by molar-refractivity contribution is 0.0698. The lowest BCUT2D eigenvalue weighted by atomic mass is 10.1. The molecule has 0 saturated heterocycles. The summed E-state index contributed by atoms with van der Waals surface area (Å²) in [7, 11) is 0. The number of amides is 1. The van der Waals surface area contributed by atoms with E-state index in [1.54, 1.807) is 0 Å². The number of hydrogen-bond donors (Lipinski definition) is 2. The first-order valence-corrected chi connectivity index (χ1v) is 5.67. The molecule has 0 bridgehead atoms. The van der Waals surface area contributed by atoms with Gasteiger partial charge in [0.2, 0.25) is 0 Å². The quantitative estimate of drug-likeness (QED) is 0.914. The van der Waals surface area contributed by atoms with E-state index >= 15 is 0 Å². The second-order valence-electron chi connectivity index (χ2n) is 4.08. The Labute approximate surface area is 116 Å². The van der Waals surface area contributed by atoms with Crippen molar-refractivity contribution in [2.75, 3.05) is 5.32 Å². The summed E-state index contributed by atoms with van der Waals surface area (Å²) in [6.07, 6.45) is 0. The predicted octanol–water partition coefficient (Wildman–Crippen LogP) is 3.05. The van der Waals surface area contributed by atoms with Gasteiger partial charge in [0.25, 0.3) is 5.91 Å². The van der Waals surface area contributed by atoms with E-state index in [1.165, 1.54) is 0 Å². The van der Waals surface area contributed by atoms with Crippen molar-refractivity contribution < 1.29 is 27.9 Å². The molecule has 7 heteroatoms. The van der Waals surface area contributed by atoms with Crippen molar-refractivity contribution >= 4 is 17.6 Å². The Morgan fingerprint density at radius 1 is 0.952 bits per heavy atom. The number of aromatic carboxylic acids is 1. The molecule has 2 rings (SSSR count). The van der Waals surface area contributed by atoms with E-state index in [2.05, 4.69) is 5.32 Å². The van der Waals surface area contributed by atoms with Crippen LogP contribution < -0.4 is 5.32 Å². The smallest absolute Gasteiger partial charge is 0.337 e. The minimum Gasteiger partial charge on any atom is -0.478 e. The molecule has 2 aromatic rings. The lowest BCUT2D eigenvalue weighted by Gasteiger charge is -2.09. The Morgan fingerprint density at radius 2 is 1.67 bits per heavy atom. The van der Waals surface area contributed by atoms with Crippen LogP contribution in [-0.2, 0) is 0 Å². The van der Waals surface area contributed by atoms with Gasteiger partial charge in [-0.15, -0.1) is 0 Å². The molecule has 0 heterocycles.